The highest BCUT2D eigenvalue weighted by Crippen LogP contribution is 2.49. The number of halogens is 1. The van der Waals surface area contributed by atoms with Crippen molar-refractivity contribution in [3.63, 3.8) is 0 Å². The van der Waals surface area contributed by atoms with E-state index in [0.717, 1.165) is 58.8 Å². The maximum absolute atomic E-state index is 14.5. The van der Waals surface area contributed by atoms with Gasteiger partial charge < -0.3 is 21.3 Å². The van der Waals surface area contributed by atoms with Crippen molar-refractivity contribution in [2.75, 3.05) is 30.8 Å². The first-order valence-corrected chi connectivity index (χ1v) is 14.1. The molecule has 1 aliphatic rings. The number of aromatic nitrogens is 2. The Morgan fingerprint density at radius 2 is 1.76 bits per heavy atom. The number of nitrogens with one attached hydrogen (secondary N) is 4. The van der Waals surface area contributed by atoms with E-state index in [1.165, 1.54) is 6.07 Å². The molecule has 1 aliphatic carbocycles. The number of anilines is 3. The zero-order valence-electron chi connectivity index (χ0n) is 23.9. The van der Waals surface area contributed by atoms with Crippen molar-refractivity contribution in [3.05, 3.63) is 101 Å². The van der Waals surface area contributed by atoms with Crippen molar-refractivity contribution in [3.8, 4) is 11.1 Å². The predicted molar refractivity (Wildman–Crippen MR) is 163 cm³/mol. The summed E-state index contributed by atoms with van der Waals surface area (Å²) in [5, 5.41) is 13.0. The molecule has 1 aromatic heterocycles. The first-order chi connectivity index (χ1) is 19.9. The van der Waals surface area contributed by atoms with Crippen LogP contribution in [0.4, 0.5) is 21.8 Å². The third-order valence-electron chi connectivity index (χ3n) is 7.50. The zero-order chi connectivity index (χ0) is 28.8. The summed E-state index contributed by atoms with van der Waals surface area (Å²) >= 11 is 0. The van der Waals surface area contributed by atoms with E-state index in [0.29, 0.717) is 30.9 Å². The van der Waals surface area contributed by atoms with E-state index in [2.05, 4.69) is 32.3 Å². The lowest BCUT2D eigenvalue weighted by atomic mass is 9.93. The van der Waals surface area contributed by atoms with Gasteiger partial charge in [-0.3, -0.25) is 4.79 Å². The van der Waals surface area contributed by atoms with Crippen molar-refractivity contribution in [2.24, 2.45) is 0 Å². The number of aryl methyl sites for hydroxylation is 2. The highest BCUT2D eigenvalue weighted by molar-refractivity contribution is 5.91. The summed E-state index contributed by atoms with van der Waals surface area (Å²) in [6.07, 6.45) is 4.11. The third kappa shape index (κ3) is 6.72. The number of rotatable bonds is 12. The van der Waals surface area contributed by atoms with Crippen molar-refractivity contribution >= 4 is 23.4 Å². The SMILES string of the molecule is CNCCCNc1nc(Nc2cccc(C)c2)ncc1-c1ccc(CNC(=O)C2(c3cc(C)ccc3F)CC2)cc1. The maximum atomic E-state index is 14.5. The van der Waals surface area contributed by atoms with Gasteiger partial charge in [-0.05, 0) is 81.6 Å². The molecule has 4 N–H and O–H groups in total. The van der Waals surface area contributed by atoms with E-state index in [1.54, 1.807) is 12.1 Å². The number of carbonyl (C=O) groups is 1. The lowest BCUT2D eigenvalue weighted by molar-refractivity contribution is -0.123. The number of amides is 1. The van der Waals surface area contributed by atoms with Crippen molar-refractivity contribution in [1.82, 2.24) is 20.6 Å². The van der Waals surface area contributed by atoms with Crippen molar-refractivity contribution in [1.29, 1.82) is 0 Å². The smallest absolute Gasteiger partial charge is 0.231 e. The van der Waals surface area contributed by atoms with Gasteiger partial charge in [0, 0.05) is 36.1 Å². The molecule has 0 saturated heterocycles. The molecular weight excluding hydrogens is 515 g/mol. The summed E-state index contributed by atoms with van der Waals surface area (Å²) in [7, 11) is 1.94. The predicted octanol–water partition coefficient (Wildman–Crippen LogP) is 6.01. The molecule has 212 valence electrons. The quantitative estimate of drug-likeness (QED) is 0.161. The molecule has 0 spiro atoms. The molecule has 0 unspecified atom stereocenters. The van der Waals surface area contributed by atoms with Gasteiger partial charge in [0.05, 0.1) is 5.41 Å². The fourth-order valence-corrected chi connectivity index (χ4v) is 5.02. The Morgan fingerprint density at radius 1 is 0.976 bits per heavy atom. The Kier molecular flexibility index (Phi) is 8.59. The molecule has 8 heteroatoms. The molecule has 1 saturated carbocycles. The first kappa shape index (κ1) is 28.2. The monoisotopic (exact) mass is 552 g/mol. The fraction of sp³-hybridized carbons (Fsp3) is 0.303. The van der Waals surface area contributed by atoms with Gasteiger partial charge in [-0.25, -0.2) is 9.37 Å². The van der Waals surface area contributed by atoms with E-state index in [4.69, 9.17) is 4.98 Å². The Balaban J connectivity index is 1.29. The minimum atomic E-state index is -0.754. The minimum absolute atomic E-state index is 0.121. The summed E-state index contributed by atoms with van der Waals surface area (Å²) < 4.78 is 14.5. The van der Waals surface area contributed by atoms with Gasteiger partial charge >= 0.3 is 0 Å². The summed E-state index contributed by atoms with van der Waals surface area (Å²) in [6, 6.07) is 21.1. The van der Waals surface area contributed by atoms with Crippen LogP contribution in [0, 0.1) is 19.7 Å². The topological polar surface area (TPSA) is 91.0 Å². The van der Waals surface area contributed by atoms with Crippen LogP contribution in [-0.2, 0) is 16.8 Å². The zero-order valence-corrected chi connectivity index (χ0v) is 23.9. The second kappa shape index (κ2) is 12.5. The number of benzene rings is 3. The van der Waals surface area contributed by atoms with Gasteiger partial charge in [0.25, 0.3) is 0 Å². The van der Waals surface area contributed by atoms with Gasteiger partial charge in [-0.2, -0.15) is 4.98 Å². The van der Waals surface area contributed by atoms with Crippen LogP contribution in [-0.4, -0.2) is 36.0 Å². The van der Waals surface area contributed by atoms with E-state index in [9.17, 15) is 9.18 Å². The maximum Gasteiger partial charge on any atom is 0.231 e. The first-order valence-electron chi connectivity index (χ1n) is 14.1. The normalized spacial score (nSPS) is 13.5. The van der Waals surface area contributed by atoms with E-state index < -0.39 is 5.41 Å². The summed E-state index contributed by atoms with van der Waals surface area (Å²) in [4.78, 5) is 22.5. The lowest BCUT2D eigenvalue weighted by Crippen LogP contribution is -2.35. The second-order valence-corrected chi connectivity index (χ2v) is 10.8. The van der Waals surface area contributed by atoms with Crippen molar-refractivity contribution in [2.45, 2.75) is 45.1 Å². The molecule has 0 aliphatic heterocycles. The molecule has 1 fully saturated rings. The third-order valence-corrected chi connectivity index (χ3v) is 7.50. The largest absolute Gasteiger partial charge is 0.369 e. The Labute approximate surface area is 241 Å². The van der Waals surface area contributed by atoms with Crippen LogP contribution in [0.15, 0.2) is 72.9 Å². The summed E-state index contributed by atoms with van der Waals surface area (Å²) in [6.45, 7) is 6.01. The molecule has 41 heavy (non-hydrogen) atoms. The van der Waals surface area contributed by atoms with E-state index >= 15 is 0 Å². The van der Waals surface area contributed by atoms with Crippen LogP contribution in [0.5, 0.6) is 0 Å². The molecule has 5 rings (SSSR count). The van der Waals surface area contributed by atoms with Crippen LogP contribution < -0.4 is 21.3 Å². The Bertz CT molecular complexity index is 1520. The highest BCUT2D eigenvalue weighted by Gasteiger charge is 2.52. The summed E-state index contributed by atoms with van der Waals surface area (Å²) in [5.74, 6) is 0.839. The number of hydrogen-bond donors (Lipinski definition) is 4. The number of carbonyl (C=O) groups excluding carboxylic acids is 1. The summed E-state index contributed by atoms with van der Waals surface area (Å²) in [5.41, 5.74) is 5.62. The second-order valence-electron chi connectivity index (χ2n) is 10.8. The van der Waals surface area contributed by atoms with Gasteiger partial charge in [0.1, 0.15) is 11.6 Å². The van der Waals surface area contributed by atoms with Gasteiger partial charge in [0.15, 0.2) is 0 Å². The van der Waals surface area contributed by atoms with Gasteiger partial charge in [0.2, 0.25) is 11.9 Å². The van der Waals surface area contributed by atoms with Crippen molar-refractivity contribution < 1.29 is 9.18 Å². The average molecular weight is 553 g/mol. The molecule has 3 aromatic carbocycles. The Morgan fingerprint density at radius 3 is 2.49 bits per heavy atom. The van der Waals surface area contributed by atoms with E-state index in [1.807, 2.05) is 69.6 Å². The molecular formula is C33H37FN6O. The number of nitrogens with zero attached hydrogens (tertiary/aromatic N) is 2. The fourth-order valence-electron chi connectivity index (χ4n) is 5.02. The number of hydrogen-bond acceptors (Lipinski definition) is 6. The minimum Gasteiger partial charge on any atom is -0.369 e. The highest BCUT2D eigenvalue weighted by atomic mass is 19.1. The van der Waals surface area contributed by atoms with Crippen LogP contribution in [0.2, 0.25) is 0 Å². The van der Waals surface area contributed by atoms with Crippen LogP contribution >= 0.6 is 0 Å². The Hall–Kier alpha value is -4.30. The average Bonchev–Trinajstić information content (AvgIpc) is 3.78. The van der Waals surface area contributed by atoms with Gasteiger partial charge in [-0.1, -0.05) is 54.1 Å². The molecule has 0 atom stereocenters. The molecule has 0 bridgehead atoms. The van der Waals surface area contributed by atoms with Gasteiger partial charge in [-0.15, -0.1) is 0 Å². The molecule has 1 amide bonds. The molecule has 1 heterocycles. The standard InChI is InChI=1S/C33H37FN6O/c1-22-6-4-7-26(18-22)39-32-38-21-27(30(40-32)36-17-5-16-35-3)25-11-9-24(10-12-25)20-37-31(41)33(14-15-33)28-19-23(2)8-13-29(28)34/h4,6-13,18-19,21,35H,5,14-17,20H2,1-3H3,(H,37,41)(H2,36,38,39,40). The molecule has 0 radical (unpaired) electrons. The molecule has 7 nitrogen and oxygen atoms in total. The van der Waals surface area contributed by atoms with E-state index in [-0.39, 0.29) is 11.7 Å². The van der Waals surface area contributed by atoms with Crippen LogP contribution in [0.3, 0.4) is 0 Å². The molecule has 4 aromatic rings. The lowest BCUT2D eigenvalue weighted by Gasteiger charge is -2.17. The van der Waals surface area contributed by atoms with Crippen LogP contribution in [0.25, 0.3) is 11.1 Å². The van der Waals surface area contributed by atoms with Crippen LogP contribution in [0.1, 0.15) is 41.5 Å².